The van der Waals surface area contributed by atoms with Crippen LogP contribution >= 0.6 is 11.8 Å². The van der Waals surface area contributed by atoms with Crippen LogP contribution in [0.4, 0.5) is 0 Å². The average Bonchev–Trinajstić information content (AvgIpc) is 2.11. The SMILES string of the molecule is CSCCCNC1CCCC(C)(C)C1. The largest absolute Gasteiger partial charge is 0.314 e. The summed E-state index contributed by atoms with van der Waals surface area (Å²) in [5.41, 5.74) is 0.579. The number of hydrogen-bond donors (Lipinski definition) is 1. The van der Waals surface area contributed by atoms with E-state index in [0.29, 0.717) is 5.41 Å². The van der Waals surface area contributed by atoms with Gasteiger partial charge in [-0.3, -0.25) is 0 Å². The zero-order chi connectivity index (χ0) is 10.4. The van der Waals surface area contributed by atoms with Gasteiger partial charge < -0.3 is 5.32 Å². The minimum atomic E-state index is 0.579. The molecule has 0 spiro atoms. The van der Waals surface area contributed by atoms with Crippen LogP contribution in [0.3, 0.4) is 0 Å². The van der Waals surface area contributed by atoms with Gasteiger partial charge in [-0.15, -0.1) is 0 Å². The molecule has 2 heteroatoms. The fourth-order valence-electron chi connectivity index (χ4n) is 2.40. The minimum absolute atomic E-state index is 0.579. The Kier molecular flexibility index (Phi) is 5.32. The first-order valence-electron chi connectivity index (χ1n) is 5.86. The van der Waals surface area contributed by atoms with Crippen molar-refractivity contribution in [3.05, 3.63) is 0 Å². The van der Waals surface area contributed by atoms with Gasteiger partial charge in [0.1, 0.15) is 0 Å². The van der Waals surface area contributed by atoms with Crippen LogP contribution in [0.1, 0.15) is 46.0 Å². The third-order valence-electron chi connectivity index (χ3n) is 3.16. The van der Waals surface area contributed by atoms with E-state index in [9.17, 15) is 0 Å². The highest BCUT2D eigenvalue weighted by Crippen LogP contribution is 2.34. The van der Waals surface area contributed by atoms with E-state index in [4.69, 9.17) is 0 Å². The standard InChI is InChI=1S/C12H25NS/c1-12(2)7-4-6-11(10-12)13-8-5-9-14-3/h11,13H,4-10H2,1-3H3. The molecule has 0 aromatic rings. The van der Waals surface area contributed by atoms with Gasteiger partial charge in [0, 0.05) is 6.04 Å². The van der Waals surface area contributed by atoms with Crippen LogP contribution in [0.5, 0.6) is 0 Å². The van der Waals surface area contributed by atoms with E-state index in [0.717, 1.165) is 6.04 Å². The highest BCUT2D eigenvalue weighted by atomic mass is 32.2. The van der Waals surface area contributed by atoms with E-state index >= 15 is 0 Å². The normalized spacial score (nSPS) is 26.4. The van der Waals surface area contributed by atoms with Crippen molar-refractivity contribution in [3.8, 4) is 0 Å². The number of thioether (sulfide) groups is 1. The van der Waals surface area contributed by atoms with E-state index in [1.54, 1.807) is 0 Å². The van der Waals surface area contributed by atoms with Crippen LogP contribution in [0.25, 0.3) is 0 Å². The molecule has 0 aliphatic heterocycles. The molecule has 0 heterocycles. The molecule has 1 saturated carbocycles. The monoisotopic (exact) mass is 215 g/mol. The van der Waals surface area contributed by atoms with Crippen LogP contribution in [0.2, 0.25) is 0 Å². The van der Waals surface area contributed by atoms with E-state index in [2.05, 4.69) is 25.4 Å². The van der Waals surface area contributed by atoms with Crippen LogP contribution in [0, 0.1) is 5.41 Å². The Labute approximate surface area is 93.4 Å². The maximum atomic E-state index is 3.70. The molecule has 0 saturated heterocycles. The number of hydrogen-bond acceptors (Lipinski definition) is 2. The molecular weight excluding hydrogens is 190 g/mol. The highest BCUT2D eigenvalue weighted by Gasteiger charge is 2.27. The molecular formula is C12H25NS. The van der Waals surface area contributed by atoms with Crippen molar-refractivity contribution in [1.82, 2.24) is 5.32 Å². The van der Waals surface area contributed by atoms with Crippen LogP contribution in [-0.2, 0) is 0 Å². The minimum Gasteiger partial charge on any atom is -0.314 e. The molecule has 1 atom stereocenters. The van der Waals surface area contributed by atoms with Crippen LogP contribution in [-0.4, -0.2) is 24.6 Å². The summed E-state index contributed by atoms with van der Waals surface area (Å²) in [6, 6.07) is 0.792. The lowest BCUT2D eigenvalue weighted by atomic mass is 9.75. The van der Waals surface area contributed by atoms with Gasteiger partial charge in [-0.1, -0.05) is 20.3 Å². The summed E-state index contributed by atoms with van der Waals surface area (Å²) < 4.78 is 0. The van der Waals surface area contributed by atoms with Gasteiger partial charge in [0.05, 0.1) is 0 Å². The van der Waals surface area contributed by atoms with Gasteiger partial charge in [0.25, 0.3) is 0 Å². The summed E-state index contributed by atoms with van der Waals surface area (Å²) in [5, 5.41) is 3.70. The van der Waals surface area contributed by atoms with Gasteiger partial charge in [-0.25, -0.2) is 0 Å². The Balaban J connectivity index is 2.12. The van der Waals surface area contributed by atoms with Crippen LogP contribution in [0.15, 0.2) is 0 Å². The summed E-state index contributed by atoms with van der Waals surface area (Å²) in [5.74, 6) is 1.29. The highest BCUT2D eigenvalue weighted by molar-refractivity contribution is 7.98. The van der Waals surface area contributed by atoms with E-state index in [-0.39, 0.29) is 0 Å². The molecule has 1 nitrogen and oxygen atoms in total. The Hall–Kier alpha value is 0.310. The van der Waals surface area contributed by atoms with E-state index in [1.165, 1.54) is 44.4 Å². The number of nitrogens with one attached hydrogen (secondary N) is 1. The molecule has 1 unspecified atom stereocenters. The molecule has 0 amide bonds. The second-order valence-corrected chi connectivity index (χ2v) is 6.24. The zero-order valence-corrected chi connectivity index (χ0v) is 10.8. The van der Waals surface area contributed by atoms with Gasteiger partial charge in [0.15, 0.2) is 0 Å². The Bertz CT molecular complexity index is 156. The third-order valence-corrected chi connectivity index (χ3v) is 3.86. The number of rotatable bonds is 5. The fourth-order valence-corrected chi connectivity index (χ4v) is 2.83. The summed E-state index contributed by atoms with van der Waals surface area (Å²) in [4.78, 5) is 0. The van der Waals surface area contributed by atoms with Gasteiger partial charge >= 0.3 is 0 Å². The molecule has 0 aromatic heterocycles. The van der Waals surface area contributed by atoms with Crippen LogP contribution < -0.4 is 5.32 Å². The van der Waals surface area contributed by atoms with Crippen molar-refractivity contribution >= 4 is 11.8 Å². The van der Waals surface area contributed by atoms with E-state index in [1.807, 2.05) is 11.8 Å². The third kappa shape index (κ3) is 4.70. The first-order valence-corrected chi connectivity index (χ1v) is 7.26. The van der Waals surface area contributed by atoms with Crippen molar-refractivity contribution in [3.63, 3.8) is 0 Å². The van der Waals surface area contributed by atoms with Gasteiger partial charge in [-0.05, 0) is 49.7 Å². The van der Waals surface area contributed by atoms with Crippen molar-refractivity contribution in [2.75, 3.05) is 18.6 Å². The molecule has 0 radical (unpaired) electrons. The average molecular weight is 215 g/mol. The molecule has 1 aliphatic carbocycles. The van der Waals surface area contributed by atoms with Crippen molar-refractivity contribution in [2.45, 2.75) is 52.0 Å². The molecule has 84 valence electrons. The van der Waals surface area contributed by atoms with Gasteiger partial charge in [-0.2, -0.15) is 11.8 Å². The molecule has 1 N–H and O–H groups in total. The lowest BCUT2D eigenvalue weighted by Crippen LogP contribution is -2.37. The summed E-state index contributed by atoms with van der Waals surface area (Å²) in [6.45, 7) is 6.02. The summed E-state index contributed by atoms with van der Waals surface area (Å²) >= 11 is 1.95. The quantitative estimate of drug-likeness (QED) is 0.706. The topological polar surface area (TPSA) is 12.0 Å². The predicted octanol–water partition coefficient (Wildman–Crippen LogP) is 3.30. The second-order valence-electron chi connectivity index (χ2n) is 5.26. The maximum Gasteiger partial charge on any atom is 0.00721 e. The second kappa shape index (κ2) is 6.02. The smallest absolute Gasteiger partial charge is 0.00721 e. The van der Waals surface area contributed by atoms with Gasteiger partial charge in [0.2, 0.25) is 0 Å². The molecule has 0 aromatic carbocycles. The molecule has 1 aliphatic rings. The molecule has 14 heavy (non-hydrogen) atoms. The summed E-state index contributed by atoms with van der Waals surface area (Å²) in [6.07, 6.45) is 9.08. The fraction of sp³-hybridized carbons (Fsp3) is 1.00. The maximum absolute atomic E-state index is 3.70. The lowest BCUT2D eigenvalue weighted by Gasteiger charge is -2.35. The predicted molar refractivity (Wildman–Crippen MR) is 67.0 cm³/mol. The Morgan fingerprint density at radius 1 is 1.43 bits per heavy atom. The first-order chi connectivity index (χ1) is 6.64. The molecule has 1 fully saturated rings. The Morgan fingerprint density at radius 3 is 2.86 bits per heavy atom. The lowest BCUT2D eigenvalue weighted by molar-refractivity contribution is 0.199. The Morgan fingerprint density at radius 2 is 2.21 bits per heavy atom. The first kappa shape index (κ1) is 12.4. The van der Waals surface area contributed by atoms with Crippen molar-refractivity contribution in [2.24, 2.45) is 5.41 Å². The van der Waals surface area contributed by atoms with E-state index < -0.39 is 0 Å². The zero-order valence-electron chi connectivity index (χ0n) is 9.94. The summed E-state index contributed by atoms with van der Waals surface area (Å²) in [7, 11) is 0. The molecule has 1 rings (SSSR count). The van der Waals surface area contributed by atoms with Crippen molar-refractivity contribution < 1.29 is 0 Å². The molecule has 0 bridgehead atoms. The van der Waals surface area contributed by atoms with Crippen molar-refractivity contribution in [1.29, 1.82) is 0 Å².